The first-order valence-electron chi connectivity index (χ1n) is 6.36. The number of rotatable bonds is 2. The summed E-state index contributed by atoms with van der Waals surface area (Å²) in [5.41, 5.74) is -3.02. The minimum absolute atomic E-state index is 0.362. The SMILES string of the molecule is OB(O)c1c(F)c2c3nonc3c(B(O)O)c(F)c2c2nonc12. The van der Waals surface area contributed by atoms with Crippen molar-refractivity contribution >= 4 is 58.0 Å². The molecular weight excluding hydrogens is 332 g/mol. The van der Waals surface area contributed by atoms with E-state index in [4.69, 9.17) is 0 Å². The largest absolute Gasteiger partial charge is 0.493 e. The van der Waals surface area contributed by atoms with E-state index >= 15 is 0 Å². The molecule has 0 spiro atoms. The van der Waals surface area contributed by atoms with Crippen LogP contribution in [0, 0.1) is 11.6 Å². The molecule has 0 amide bonds. The highest BCUT2D eigenvalue weighted by Gasteiger charge is 2.34. The van der Waals surface area contributed by atoms with Crippen LogP contribution in [0.15, 0.2) is 9.26 Å². The number of hydrogen-bond acceptors (Lipinski definition) is 10. The predicted octanol–water partition coefficient (Wildman–Crippen LogP) is -2.45. The van der Waals surface area contributed by atoms with Crippen LogP contribution in [0.1, 0.15) is 0 Å². The summed E-state index contributed by atoms with van der Waals surface area (Å²) in [5.74, 6) is -2.52. The van der Waals surface area contributed by atoms with E-state index in [2.05, 4.69) is 29.9 Å². The van der Waals surface area contributed by atoms with Crippen LogP contribution < -0.4 is 10.9 Å². The van der Waals surface area contributed by atoms with Crippen molar-refractivity contribution in [2.75, 3.05) is 0 Å². The maximum atomic E-state index is 14.8. The van der Waals surface area contributed by atoms with E-state index in [1.807, 2.05) is 0 Å². The van der Waals surface area contributed by atoms with E-state index in [0.717, 1.165) is 0 Å². The molecule has 4 rings (SSSR count). The quantitative estimate of drug-likeness (QED) is 0.289. The molecule has 0 bridgehead atoms. The van der Waals surface area contributed by atoms with Gasteiger partial charge >= 0.3 is 14.2 Å². The van der Waals surface area contributed by atoms with Gasteiger partial charge in [-0.05, 0) is 10.3 Å². The van der Waals surface area contributed by atoms with Gasteiger partial charge in [-0.15, -0.1) is 0 Å². The lowest BCUT2D eigenvalue weighted by molar-refractivity contribution is 0.315. The molecule has 10 nitrogen and oxygen atoms in total. The van der Waals surface area contributed by atoms with Crippen LogP contribution in [-0.4, -0.2) is 55.0 Å². The van der Waals surface area contributed by atoms with Crippen LogP contribution in [0.4, 0.5) is 8.78 Å². The van der Waals surface area contributed by atoms with E-state index in [-0.39, 0.29) is 11.0 Å². The summed E-state index contributed by atoms with van der Waals surface area (Å²) in [6.45, 7) is 0. The molecule has 4 aromatic rings. The number of benzene rings is 2. The minimum atomic E-state index is -2.30. The maximum absolute atomic E-state index is 14.8. The molecule has 24 heavy (non-hydrogen) atoms. The molecule has 0 aliphatic heterocycles. The first kappa shape index (κ1) is 14.9. The van der Waals surface area contributed by atoms with Crippen LogP contribution in [-0.2, 0) is 0 Å². The fraction of sp³-hybridized carbons (Fsp3) is 0. The monoisotopic (exact) mass is 336 g/mol. The zero-order valence-electron chi connectivity index (χ0n) is 11.3. The number of aromatic nitrogens is 4. The van der Waals surface area contributed by atoms with E-state index in [1.54, 1.807) is 0 Å². The molecule has 120 valence electrons. The Kier molecular flexibility index (Phi) is 3.05. The van der Waals surface area contributed by atoms with E-state index in [0.29, 0.717) is 0 Å². The lowest BCUT2D eigenvalue weighted by Crippen LogP contribution is -2.36. The topological polar surface area (TPSA) is 159 Å². The highest BCUT2D eigenvalue weighted by atomic mass is 19.1. The molecule has 14 heteroatoms. The lowest BCUT2D eigenvalue weighted by Gasteiger charge is -2.10. The third-order valence-electron chi connectivity index (χ3n) is 3.64. The Bertz CT molecular complexity index is 1030. The van der Waals surface area contributed by atoms with Crippen molar-refractivity contribution in [3.8, 4) is 0 Å². The molecule has 0 unspecified atom stereocenters. The van der Waals surface area contributed by atoms with Crippen molar-refractivity contribution in [2.45, 2.75) is 0 Å². The Balaban J connectivity index is 2.39. The third-order valence-corrected chi connectivity index (χ3v) is 3.64. The minimum Gasteiger partial charge on any atom is -0.423 e. The smallest absolute Gasteiger partial charge is 0.423 e. The molecule has 2 aromatic carbocycles. The Hall–Kier alpha value is -2.67. The van der Waals surface area contributed by atoms with E-state index < -0.39 is 58.6 Å². The summed E-state index contributed by atoms with van der Waals surface area (Å²) in [7, 11) is -4.60. The van der Waals surface area contributed by atoms with E-state index in [9.17, 15) is 28.9 Å². The fourth-order valence-corrected chi connectivity index (χ4v) is 2.67. The second-order valence-electron chi connectivity index (χ2n) is 4.88. The molecule has 0 fully saturated rings. The normalized spacial score (nSPS) is 11.8. The van der Waals surface area contributed by atoms with Crippen molar-refractivity contribution in [1.82, 2.24) is 20.6 Å². The molecule has 0 saturated carbocycles. The molecule has 0 saturated heterocycles. The zero-order chi connectivity index (χ0) is 17.2. The highest BCUT2D eigenvalue weighted by Crippen LogP contribution is 2.31. The van der Waals surface area contributed by atoms with Gasteiger partial charge in [-0.2, -0.15) is 0 Å². The molecule has 0 radical (unpaired) electrons. The predicted molar refractivity (Wildman–Crippen MR) is 74.2 cm³/mol. The molecular formula is C10H4B2F2N4O6. The average Bonchev–Trinajstić information content (AvgIpc) is 3.14. The van der Waals surface area contributed by atoms with Gasteiger partial charge in [0.15, 0.2) is 0 Å². The second kappa shape index (κ2) is 4.91. The van der Waals surface area contributed by atoms with Gasteiger partial charge in [-0.3, -0.25) is 0 Å². The van der Waals surface area contributed by atoms with Crippen molar-refractivity contribution in [3.63, 3.8) is 0 Å². The van der Waals surface area contributed by atoms with Gasteiger partial charge < -0.3 is 20.1 Å². The molecule has 0 aliphatic carbocycles. The molecule has 0 aliphatic rings. The number of nitrogens with zero attached hydrogens (tertiary/aromatic N) is 4. The maximum Gasteiger partial charge on any atom is 0.493 e. The number of fused-ring (bicyclic) bond motifs is 5. The summed E-state index contributed by atoms with van der Waals surface area (Å²) in [6.07, 6.45) is 0. The Morgan fingerprint density at radius 2 is 0.958 bits per heavy atom. The van der Waals surface area contributed by atoms with Crippen molar-refractivity contribution in [1.29, 1.82) is 0 Å². The van der Waals surface area contributed by atoms with Crippen LogP contribution >= 0.6 is 0 Å². The number of hydrogen-bond donors (Lipinski definition) is 4. The first-order chi connectivity index (χ1) is 11.4. The Labute approximate surface area is 129 Å². The zero-order valence-corrected chi connectivity index (χ0v) is 11.3. The van der Waals surface area contributed by atoms with Crippen LogP contribution in [0.5, 0.6) is 0 Å². The molecule has 0 atom stereocenters. The lowest BCUT2D eigenvalue weighted by atomic mass is 9.74. The summed E-state index contributed by atoms with van der Waals surface area (Å²) >= 11 is 0. The second-order valence-corrected chi connectivity index (χ2v) is 4.88. The Morgan fingerprint density at radius 1 is 0.625 bits per heavy atom. The van der Waals surface area contributed by atoms with Crippen molar-refractivity contribution < 1.29 is 38.1 Å². The average molecular weight is 336 g/mol. The highest BCUT2D eigenvalue weighted by molar-refractivity contribution is 6.64. The van der Waals surface area contributed by atoms with Crippen LogP contribution in [0.2, 0.25) is 0 Å². The molecule has 2 aromatic heterocycles. The van der Waals surface area contributed by atoms with Gasteiger partial charge in [-0.1, -0.05) is 10.3 Å². The Morgan fingerprint density at radius 3 is 1.29 bits per heavy atom. The van der Waals surface area contributed by atoms with Gasteiger partial charge in [0.1, 0.15) is 33.7 Å². The molecule has 4 N–H and O–H groups in total. The van der Waals surface area contributed by atoms with Crippen LogP contribution in [0.3, 0.4) is 0 Å². The van der Waals surface area contributed by atoms with Gasteiger partial charge in [0.05, 0.1) is 21.7 Å². The van der Waals surface area contributed by atoms with Crippen molar-refractivity contribution in [3.05, 3.63) is 11.6 Å². The standard InChI is InChI=1S/C10H4B2F2N4O6/c13-5-1-2(8-10(18-24-16-8)3(5)11(19)20)6(14)4(12(21)22)9-7(1)15-23-17-9/h19-22H. The van der Waals surface area contributed by atoms with Crippen LogP contribution in [0.25, 0.3) is 32.8 Å². The van der Waals surface area contributed by atoms with E-state index in [1.165, 1.54) is 0 Å². The first-order valence-corrected chi connectivity index (χ1v) is 6.36. The van der Waals surface area contributed by atoms with Gasteiger partial charge in [0.25, 0.3) is 0 Å². The third kappa shape index (κ3) is 1.73. The van der Waals surface area contributed by atoms with Gasteiger partial charge in [0.2, 0.25) is 0 Å². The molecule has 2 heterocycles. The summed E-state index contributed by atoms with van der Waals surface area (Å²) < 4.78 is 38.5. The fourth-order valence-electron chi connectivity index (χ4n) is 2.67. The summed E-state index contributed by atoms with van der Waals surface area (Å²) in [6, 6.07) is 0. The number of halogens is 2. The summed E-state index contributed by atoms with van der Waals surface area (Å²) in [4.78, 5) is 0. The summed E-state index contributed by atoms with van der Waals surface area (Å²) in [5, 5.41) is 50.0. The van der Waals surface area contributed by atoms with Gasteiger partial charge in [0, 0.05) is 0 Å². The van der Waals surface area contributed by atoms with Gasteiger partial charge in [-0.25, -0.2) is 18.0 Å². The van der Waals surface area contributed by atoms with Crippen molar-refractivity contribution in [2.24, 2.45) is 0 Å².